The standard InChI is InChI=1S/C10H19N/c1-5-9-10(6-2)11(7-3)8-4/h5-6,10H,1-2,7-9H2,3-4H3. The largest absolute Gasteiger partial charge is 0.297 e. The first-order valence-corrected chi connectivity index (χ1v) is 4.27. The number of hydrogen-bond acceptors (Lipinski definition) is 1. The lowest BCUT2D eigenvalue weighted by Gasteiger charge is -2.25. The van der Waals surface area contributed by atoms with Gasteiger partial charge in [0.1, 0.15) is 0 Å². The maximum absolute atomic E-state index is 3.81. The Balaban J connectivity index is 3.96. The molecule has 11 heavy (non-hydrogen) atoms. The van der Waals surface area contributed by atoms with Gasteiger partial charge in [-0.1, -0.05) is 26.0 Å². The van der Waals surface area contributed by atoms with Gasteiger partial charge in [0, 0.05) is 6.04 Å². The van der Waals surface area contributed by atoms with E-state index in [0.29, 0.717) is 6.04 Å². The molecule has 0 aliphatic carbocycles. The second-order valence-corrected chi connectivity index (χ2v) is 2.55. The maximum Gasteiger partial charge on any atom is 0.0309 e. The van der Waals surface area contributed by atoms with Crippen LogP contribution in [0.4, 0.5) is 0 Å². The van der Waals surface area contributed by atoms with Gasteiger partial charge in [-0.3, -0.25) is 4.90 Å². The lowest BCUT2D eigenvalue weighted by atomic mass is 10.1. The molecule has 0 rings (SSSR count). The second-order valence-electron chi connectivity index (χ2n) is 2.55. The third kappa shape index (κ3) is 3.38. The summed E-state index contributed by atoms with van der Waals surface area (Å²) in [5, 5.41) is 0. The summed E-state index contributed by atoms with van der Waals surface area (Å²) in [5.41, 5.74) is 0. The van der Waals surface area contributed by atoms with Crippen molar-refractivity contribution in [2.45, 2.75) is 26.3 Å². The fourth-order valence-corrected chi connectivity index (χ4v) is 1.26. The summed E-state index contributed by atoms with van der Waals surface area (Å²) in [6.45, 7) is 14.0. The summed E-state index contributed by atoms with van der Waals surface area (Å²) in [6.07, 6.45) is 4.95. The number of nitrogens with zero attached hydrogens (tertiary/aromatic N) is 1. The second kappa shape index (κ2) is 6.17. The first-order valence-electron chi connectivity index (χ1n) is 4.27. The molecule has 1 unspecified atom stereocenters. The van der Waals surface area contributed by atoms with E-state index in [9.17, 15) is 0 Å². The van der Waals surface area contributed by atoms with Crippen LogP contribution in [-0.2, 0) is 0 Å². The van der Waals surface area contributed by atoms with E-state index < -0.39 is 0 Å². The molecule has 0 aromatic rings. The lowest BCUT2D eigenvalue weighted by Crippen LogP contribution is -2.32. The van der Waals surface area contributed by atoms with Crippen LogP contribution in [0.2, 0.25) is 0 Å². The fraction of sp³-hybridized carbons (Fsp3) is 0.600. The molecule has 0 saturated carbocycles. The van der Waals surface area contributed by atoms with Crippen LogP contribution in [0.25, 0.3) is 0 Å². The molecule has 0 saturated heterocycles. The van der Waals surface area contributed by atoms with Gasteiger partial charge in [-0.15, -0.1) is 13.2 Å². The average molecular weight is 153 g/mol. The summed E-state index contributed by atoms with van der Waals surface area (Å²) in [4.78, 5) is 2.37. The van der Waals surface area contributed by atoms with Crippen LogP contribution in [0.3, 0.4) is 0 Å². The molecule has 0 aromatic carbocycles. The van der Waals surface area contributed by atoms with Crippen LogP contribution < -0.4 is 0 Å². The molecule has 0 heterocycles. The third-order valence-corrected chi connectivity index (χ3v) is 1.96. The van der Waals surface area contributed by atoms with Crippen molar-refractivity contribution in [1.82, 2.24) is 4.90 Å². The van der Waals surface area contributed by atoms with Gasteiger partial charge in [0.15, 0.2) is 0 Å². The zero-order chi connectivity index (χ0) is 8.69. The van der Waals surface area contributed by atoms with Crippen LogP contribution in [0.1, 0.15) is 20.3 Å². The van der Waals surface area contributed by atoms with Crippen LogP contribution in [0.15, 0.2) is 25.3 Å². The Hall–Kier alpha value is -0.560. The van der Waals surface area contributed by atoms with Crippen molar-refractivity contribution in [3.63, 3.8) is 0 Å². The molecule has 0 fully saturated rings. The van der Waals surface area contributed by atoms with Crippen LogP contribution in [-0.4, -0.2) is 24.0 Å². The molecule has 0 radical (unpaired) electrons. The molecular formula is C10H19N. The summed E-state index contributed by atoms with van der Waals surface area (Å²) in [5.74, 6) is 0. The van der Waals surface area contributed by atoms with E-state index >= 15 is 0 Å². The zero-order valence-electron chi connectivity index (χ0n) is 7.71. The van der Waals surface area contributed by atoms with E-state index in [2.05, 4.69) is 31.9 Å². The van der Waals surface area contributed by atoms with Gasteiger partial charge < -0.3 is 0 Å². The van der Waals surface area contributed by atoms with E-state index in [4.69, 9.17) is 0 Å². The van der Waals surface area contributed by atoms with Crippen molar-refractivity contribution in [3.8, 4) is 0 Å². The fourth-order valence-electron chi connectivity index (χ4n) is 1.26. The highest BCUT2D eigenvalue weighted by Crippen LogP contribution is 2.04. The lowest BCUT2D eigenvalue weighted by molar-refractivity contribution is 0.255. The molecule has 0 amide bonds. The molecule has 0 aliphatic heterocycles. The number of rotatable bonds is 6. The molecule has 0 bridgehead atoms. The normalized spacial score (nSPS) is 13.0. The van der Waals surface area contributed by atoms with Gasteiger partial charge in [0.05, 0.1) is 0 Å². The Morgan fingerprint density at radius 3 is 2.09 bits per heavy atom. The zero-order valence-corrected chi connectivity index (χ0v) is 7.71. The van der Waals surface area contributed by atoms with Crippen molar-refractivity contribution >= 4 is 0 Å². The minimum Gasteiger partial charge on any atom is -0.297 e. The maximum atomic E-state index is 3.81. The first-order chi connectivity index (χ1) is 5.29. The van der Waals surface area contributed by atoms with E-state index in [1.54, 1.807) is 0 Å². The smallest absolute Gasteiger partial charge is 0.0309 e. The van der Waals surface area contributed by atoms with E-state index in [1.807, 2.05) is 12.2 Å². The quantitative estimate of drug-likeness (QED) is 0.530. The summed E-state index contributed by atoms with van der Waals surface area (Å²) in [6, 6.07) is 0.475. The van der Waals surface area contributed by atoms with E-state index in [-0.39, 0.29) is 0 Å². The van der Waals surface area contributed by atoms with Gasteiger partial charge in [-0.05, 0) is 19.5 Å². The van der Waals surface area contributed by atoms with Crippen LogP contribution in [0.5, 0.6) is 0 Å². The Morgan fingerprint density at radius 1 is 1.27 bits per heavy atom. The Kier molecular flexibility index (Phi) is 5.86. The van der Waals surface area contributed by atoms with Gasteiger partial charge in [0.2, 0.25) is 0 Å². The molecule has 0 N–H and O–H groups in total. The van der Waals surface area contributed by atoms with Gasteiger partial charge in [0.25, 0.3) is 0 Å². The Bertz CT molecular complexity index is 114. The summed E-state index contributed by atoms with van der Waals surface area (Å²) >= 11 is 0. The predicted octanol–water partition coefficient (Wildman–Crippen LogP) is 2.46. The summed E-state index contributed by atoms with van der Waals surface area (Å²) in [7, 11) is 0. The Morgan fingerprint density at radius 2 is 1.82 bits per heavy atom. The van der Waals surface area contributed by atoms with Crippen molar-refractivity contribution in [2.75, 3.05) is 13.1 Å². The molecule has 64 valence electrons. The van der Waals surface area contributed by atoms with Crippen molar-refractivity contribution in [3.05, 3.63) is 25.3 Å². The number of hydrogen-bond donors (Lipinski definition) is 0. The van der Waals surface area contributed by atoms with Gasteiger partial charge in [-0.2, -0.15) is 0 Å². The minimum absolute atomic E-state index is 0.475. The van der Waals surface area contributed by atoms with Crippen LogP contribution >= 0.6 is 0 Å². The number of likely N-dealkylation sites (N-methyl/N-ethyl adjacent to an activating group) is 1. The molecular weight excluding hydrogens is 134 g/mol. The van der Waals surface area contributed by atoms with Gasteiger partial charge >= 0.3 is 0 Å². The third-order valence-electron chi connectivity index (χ3n) is 1.96. The molecule has 0 aromatic heterocycles. The molecule has 1 heteroatoms. The topological polar surface area (TPSA) is 3.24 Å². The molecule has 1 nitrogen and oxygen atoms in total. The predicted molar refractivity (Wildman–Crippen MR) is 51.7 cm³/mol. The SMILES string of the molecule is C=CCC(C=C)N(CC)CC. The van der Waals surface area contributed by atoms with E-state index in [1.165, 1.54) is 0 Å². The highest BCUT2D eigenvalue weighted by atomic mass is 15.1. The Labute approximate surface area is 70.4 Å². The van der Waals surface area contributed by atoms with Crippen molar-refractivity contribution in [2.24, 2.45) is 0 Å². The van der Waals surface area contributed by atoms with E-state index in [0.717, 1.165) is 19.5 Å². The molecule has 0 spiro atoms. The summed E-state index contributed by atoms with van der Waals surface area (Å²) < 4.78 is 0. The molecule has 1 atom stereocenters. The van der Waals surface area contributed by atoms with Crippen molar-refractivity contribution in [1.29, 1.82) is 0 Å². The molecule has 0 aliphatic rings. The monoisotopic (exact) mass is 153 g/mol. The van der Waals surface area contributed by atoms with Crippen molar-refractivity contribution < 1.29 is 0 Å². The van der Waals surface area contributed by atoms with Crippen LogP contribution in [0, 0.1) is 0 Å². The van der Waals surface area contributed by atoms with Gasteiger partial charge in [-0.25, -0.2) is 0 Å². The average Bonchev–Trinajstić information content (AvgIpc) is 2.05. The minimum atomic E-state index is 0.475. The highest BCUT2D eigenvalue weighted by molar-refractivity contribution is 4.91. The first kappa shape index (κ1) is 10.4. The highest BCUT2D eigenvalue weighted by Gasteiger charge is 2.08.